The molecule has 114 valence electrons. The van der Waals surface area contributed by atoms with Crippen molar-refractivity contribution in [1.29, 1.82) is 0 Å². The zero-order valence-electron chi connectivity index (χ0n) is 12.5. The van der Waals surface area contributed by atoms with E-state index in [0.717, 1.165) is 31.7 Å². The van der Waals surface area contributed by atoms with Crippen molar-refractivity contribution in [3.05, 3.63) is 18.3 Å². The predicted octanol–water partition coefficient (Wildman–Crippen LogP) is 2.15. The van der Waals surface area contributed by atoms with E-state index in [2.05, 4.69) is 26.6 Å². The predicted molar refractivity (Wildman–Crippen MR) is 84.6 cm³/mol. The molecule has 0 radical (unpaired) electrons. The van der Waals surface area contributed by atoms with Crippen LogP contribution in [0.4, 0.5) is 11.5 Å². The molecule has 2 saturated heterocycles. The molecule has 2 aliphatic rings. The number of piperidine rings is 1. The summed E-state index contributed by atoms with van der Waals surface area (Å²) in [5.74, 6) is 0.700. The minimum absolute atomic E-state index is 0.0487. The number of anilines is 2. The van der Waals surface area contributed by atoms with Crippen LogP contribution in [-0.2, 0) is 4.79 Å². The molecule has 2 fully saturated rings. The summed E-state index contributed by atoms with van der Waals surface area (Å²) in [7, 11) is 0. The highest BCUT2D eigenvalue weighted by Crippen LogP contribution is 2.20. The third-order valence-electron chi connectivity index (χ3n) is 4.33. The van der Waals surface area contributed by atoms with Crippen LogP contribution >= 0.6 is 0 Å². The van der Waals surface area contributed by atoms with E-state index in [0.29, 0.717) is 18.3 Å². The van der Waals surface area contributed by atoms with Crippen LogP contribution in [0.3, 0.4) is 0 Å². The number of hydrogen-bond donors (Lipinski definition) is 2. The molecule has 0 aromatic carbocycles. The summed E-state index contributed by atoms with van der Waals surface area (Å²) >= 11 is 0. The van der Waals surface area contributed by atoms with Crippen LogP contribution in [0.5, 0.6) is 0 Å². The lowest BCUT2D eigenvalue weighted by atomic mass is 10.1. The number of aromatic nitrogens is 1. The van der Waals surface area contributed by atoms with Gasteiger partial charge in [0.1, 0.15) is 5.82 Å². The van der Waals surface area contributed by atoms with Gasteiger partial charge >= 0.3 is 0 Å². The van der Waals surface area contributed by atoms with Gasteiger partial charge in [-0.2, -0.15) is 0 Å². The Morgan fingerprint density at radius 3 is 2.81 bits per heavy atom. The standard InChI is InChI=1S/C16H24N4O/c21-16(11-13-5-4-8-17-13)19-15-7-6-14(12-18-15)20-9-2-1-3-10-20/h6-7,12-13,17H,1-5,8-11H2,(H,18,19,21). The normalized spacial score (nSPS) is 22.3. The van der Waals surface area contributed by atoms with Gasteiger partial charge in [0, 0.05) is 25.6 Å². The maximum atomic E-state index is 12.0. The Bertz CT molecular complexity index is 462. The van der Waals surface area contributed by atoms with E-state index in [4.69, 9.17) is 0 Å². The number of nitrogens with one attached hydrogen (secondary N) is 2. The molecule has 0 aliphatic carbocycles. The van der Waals surface area contributed by atoms with Gasteiger partial charge in [0.2, 0.25) is 5.91 Å². The van der Waals surface area contributed by atoms with Crippen molar-refractivity contribution >= 4 is 17.4 Å². The first-order chi connectivity index (χ1) is 10.3. The monoisotopic (exact) mass is 288 g/mol. The van der Waals surface area contributed by atoms with Crippen LogP contribution in [0.1, 0.15) is 38.5 Å². The Kier molecular flexibility index (Phi) is 4.70. The Morgan fingerprint density at radius 1 is 1.29 bits per heavy atom. The van der Waals surface area contributed by atoms with Crippen molar-refractivity contribution < 1.29 is 4.79 Å². The van der Waals surface area contributed by atoms with E-state index in [1.165, 1.54) is 25.7 Å². The minimum Gasteiger partial charge on any atom is -0.370 e. The van der Waals surface area contributed by atoms with E-state index in [-0.39, 0.29) is 5.91 Å². The highest BCUT2D eigenvalue weighted by atomic mass is 16.1. The highest BCUT2D eigenvalue weighted by molar-refractivity contribution is 5.90. The maximum Gasteiger partial charge on any atom is 0.227 e. The maximum absolute atomic E-state index is 12.0. The van der Waals surface area contributed by atoms with Crippen molar-refractivity contribution in [2.45, 2.75) is 44.6 Å². The Morgan fingerprint density at radius 2 is 2.14 bits per heavy atom. The summed E-state index contributed by atoms with van der Waals surface area (Å²) in [6.07, 6.45) is 8.51. The molecule has 3 heterocycles. The molecule has 5 heteroatoms. The molecule has 1 amide bonds. The molecular formula is C16H24N4O. The van der Waals surface area contributed by atoms with Crippen molar-refractivity contribution in [3.8, 4) is 0 Å². The smallest absolute Gasteiger partial charge is 0.227 e. The quantitative estimate of drug-likeness (QED) is 0.891. The van der Waals surface area contributed by atoms with Gasteiger partial charge in [0.25, 0.3) is 0 Å². The van der Waals surface area contributed by atoms with E-state index in [9.17, 15) is 4.79 Å². The van der Waals surface area contributed by atoms with Crippen molar-refractivity contribution in [2.75, 3.05) is 29.9 Å². The van der Waals surface area contributed by atoms with Crippen LogP contribution < -0.4 is 15.5 Å². The number of amides is 1. The SMILES string of the molecule is O=C(CC1CCCN1)Nc1ccc(N2CCCCC2)cn1. The van der Waals surface area contributed by atoms with Crippen LogP contribution in [-0.4, -0.2) is 36.6 Å². The molecule has 0 spiro atoms. The summed E-state index contributed by atoms with van der Waals surface area (Å²) in [5.41, 5.74) is 1.16. The first-order valence-corrected chi connectivity index (χ1v) is 8.05. The van der Waals surface area contributed by atoms with Crippen molar-refractivity contribution in [1.82, 2.24) is 10.3 Å². The van der Waals surface area contributed by atoms with Crippen LogP contribution in [0, 0.1) is 0 Å². The molecule has 0 bridgehead atoms. The fourth-order valence-electron chi connectivity index (χ4n) is 3.15. The van der Waals surface area contributed by atoms with E-state index in [1.54, 1.807) is 0 Å². The molecule has 21 heavy (non-hydrogen) atoms. The minimum atomic E-state index is 0.0487. The second kappa shape index (κ2) is 6.89. The van der Waals surface area contributed by atoms with E-state index >= 15 is 0 Å². The molecule has 2 aliphatic heterocycles. The number of hydrogen-bond acceptors (Lipinski definition) is 4. The van der Waals surface area contributed by atoms with E-state index in [1.807, 2.05) is 12.3 Å². The molecule has 2 N–H and O–H groups in total. The van der Waals surface area contributed by atoms with Gasteiger partial charge < -0.3 is 15.5 Å². The van der Waals surface area contributed by atoms with Gasteiger partial charge in [-0.15, -0.1) is 0 Å². The van der Waals surface area contributed by atoms with Crippen LogP contribution in [0.15, 0.2) is 18.3 Å². The second-order valence-electron chi connectivity index (χ2n) is 5.99. The fourth-order valence-corrected chi connectivity index (χ4v) is 3.15. The number of carbonyl (C=O) groups is 1. The number of rotatable bonds is 4. The molecule has 1 unspecified atom stereocenters. The number of pyridine rings is 1. The third-order valence-corrected chi connectivity index (χ3v) is 4.33. The van der Waals surface area contributed by atoms with Gasteiger partial charge in [0.15, 0.2) is 0 Å². The average Bonchev–Trinajstić information content (AvgIpc) is 3.02. The zero-order chi connectivity index (χ0) is 14.5. The van der Waals surface area contributed by atoms with Gasteiger partial charge in [-0.1, -0.05) is 0 Å². The summed E-state index contributed by atoms with van der Waals surface area (Å²) in [5, 5.41) is 6.23. The largest absolute Gasteiger partial charge is 0.370 e. The number of carbonyl (C=O) groups excluding carboxylic acids is 1. The van der Waals surface area contributed by atoms with E-state index < -0.39 is 0 Å². The Balaban J connectivity index is 1.52. The lowest BCUT2D eigenvalue weighted by Crippen LogP contribution is -2.29. The third kappa shape index (κ3) is 3.94. The molecule has 5 nitrogen and oxygen atoms in total. The van der Waals surface area contributed by atoms with Gasteiger partial charge in [-0.25, -0.2) is 4.98 Å². The first kappa shape index (κ1) is 14.3. The number of nitrogens with zero attached hydrogens (tertiary/aromatic N) is 2. The topological polar surface area (TPSA) is 57.3 Å². The zero-order valence-corrected chi connectivity index (χ0v) is 12.5. The van der Waals surface area contributed by atoms with Gasteiger partial charge in [0.05, 0.1) is 11.9 Å². The molecule has 1 atom stereocenters. The molecule has 0 saturated carbocycles. The summed E-state index contributed by atoms with van der Waals surface area (Å²) < 4.78 is 0. The fraction of sp³-hybridized carbons (Fsp3) is 0.625. The average molecular weight is 288 g/mol. The Hall–Kier alpha value is -1.62. The summed E-state index contributed by atoms with van der Waals surface area (Å²) in [6, 6.07) is 4.30. The van der Waals surface area contributed by atoms with Crippen LogP contribution in [0.2, 0.25) is 0 Å². The molecular weight excluding hydrogens is 264 g/mol. The first-order valence-electron chi connectivity index (χ1n) is 8.05. The Labute approximate surface area is 126 Å². The summed E-state index contributed by atoms with van der Waals surface area (Å²) in [6.45, 7) is 3.25. The van der Waals surface area contributed by atoms with Gasteiger partial charge in [-0.3, -0.25) is 4.79 Å². The lowest BCUT2D eigenvalue weighted by molar-refractivity contribution is -0.116. The molecule has 1 aromatic heterocycles. The van der Waals surface area contributed by atoms with Gasteiger partial charge in [-0.05, 0) is 50.8 Å². The molecule has 3 rings (SSSR count). The van der Waals surface area contributed by atoms with Crippen LogP contribution in [0.25, 0.3) is 0 Å². The highest BCUT2D eigenvalue weighted by Gasteiger charge is 2.18. The van der Waals surface area contributed by atoms with Crippen molar-refractivity contribution in [3.63, 3.8) is 0 Å². The summed E-state index contributed by atoms with van der Waals surface area (Å²) in [4.78, 5) is 18.7. The van der Waals surface area contributed by atoms with Crippen molar-refractivity contribution in [2.24, 2.45) is 0 Å². The lowest BCUT2D eigenvalue weighted by Gasteiger charge is -2.28. The second-order valence-corrected chi connectivity index (χ2v) is 5.99. The molecule has 1 aromatic rings.